The van der Waals surface area contributed by atoms with Gasteiger partial charge in [0.2, 0.25) is 4.33 Å². The smallest absolute Gasteiger partial charge is 0.328 e. The minimum atomic E-state index is -2.05. The summed E-state index contributed by atoms with van der Waals surface area (Å²) >= 11 is 11.4. The Bertz CT molecular complexity index is 303. The van der Waals surface area contributed by atoms with Crippen LogP contribution in [0.4, 0.5) is 4.79 Å². The Kier molecular flexibility index (Phi) is 2.46. The summed E-state index contributed by atoms with van der Waals surface area (Å²) in [7, 11) is 2.56. The van der Waals surface area contributed by atoms with Crippen molar-refractivity contribution in [2.45, 2.75) is 17.0 Å². The Morgan fingerprint density at radius 2 is 1.71 bits per heavy atom. The van der Waals surface area contributed by atoms with E-state index in [1.54, 1.807) is 0 Å². The molecule has 7 heteroatoms. The average Bonchev–Trinajstić information content (AvgIpc) is 2.10. The molecule has 0 aliphatic carbocycles. The van der Waals surface area contributed by atoms with Crippen molar-refractivity contribution in [2.75, 3.05) is 14.1 Å². The Labute approximate surface area is 91.2 Å². The molecular formula is C7H10Cl2N2O3. The number of nitrogens with zero attached hydrogens (tertiary/aromatic N) is 2. The third kappa shape index (κ3) is 1.20. The van der Waals surface area contributed by atoms with Crippen molar-refractivity contribution in [3.05, 3.63) is 0 Å². The van der Waals surface area contributed by atoms with Crippen molar-refractivity contribution in [3.63, 3.8) is 0 Å². The molecule has 1 rings (SSSR count). The monoisotopic (exact) mass is 240 g/mol. The van der Waals surface area contributed by atoms with E-state index in [1.165, 1.54) is 21.0 Å². The fraction of sp³-hybridized carbons (Fsp3) is 0.714. The number of alkyl halides is 2. The van der Waals surface area contributed by atoms with E-state index in [2.05, 4.69) is 0 Å². The van der Waals surface area contributed by atoms with Crippen molar-refractivity contribution in [3.8, 4) is 0 Å². The second kappa shape index (κ2) is 2.98. The molecule has 0 aromatic carbocycles. The molecule has 0 aromatic rings. The normalized spacial score (nSPS) is 32.4. The van der Waals surface area contributed by atoms with Crippen molar-refractivity contribution in [1.29, 1.82) is 0 Å². The number of halogens is 2. The minimum Gasteiger partial charge on any atom is -0.368 e. The van der Waals surface area contributed by atoms with Gasteiger partial charge in [0.1, 0.15) is 0 Å². The number of amides is 3. The lowest BCUT2D eigenvalue weighted by Crippen LogP contribution is -2.71. The fourth-order valence-electron chi connectivity index (χ4n) is 1.12. The molecule has 0 bridgehead atoms. The number of aliphatic hydroxyl groups is 1. The number of rotatable bonds is 0. The van der Waals surface area contributed by atoms with Gasteiger partial charge >= 0.3 is 6.03 Å². The number of carbonyl (C=O) groups excluding carboxylic acids is 2. The quantitative estimate of drug-likeness (QED) is 0.624. The molecule has 0 saturated carbocycles. The fourth-order valence-corrected chi connectivity index (χ4v) is 1.63. The van der Waals surface area contributed by atoms with Crippen LogP contribution in [0.15, 0.2) is 0 Å². The van der Waals surface area contributed by atoms with Crippen molar-refractivity contribution >= 4 is 35.1 Å². The van der Waals surface area contributed by atoms with Gasteiger partial charge in [-0.15, -0.1) is 0 Å². The SMILES string of the molecule is CN1C(=O)N(C)C(C)(O)C(Cl)(Cl)C1=O. The standard InChI is InChI=1S/C7H10Cl2N2O3/c1-6(14)7(8,9)4(12)10(2)5(13)11(6)3/h14H,1-3H3. The summed E-state index contributed by atoms with van der Waals surface area (Å²) in [4.78, 5) is 24.5. The number of carbonyl (C=O) groups is 2. The largest absolute Gasteiger partial charge is 0.368 e. The van der Waals surface area contributed by atoms with E-state index < -0.39 is 22.0 Å². The van der Waals surface area contributed by atoms with E-state index in [-0.39, 0.29) is 0 Å². The molecule has 1 aliphatic heterocycles. The molecule has 1 heterocycles. The van der Waals surface area contributed by atoms with Crippen molar-refractivity contribution in [2.24, 2.45) is 0 Å². The third-order valence-electron chi connectivity index (χ3n) is 2.40. The second-order valence-electron chi connectivity index (χ2n) is 3.30. The lowest BCUT2D eigenvalue weighted by atomic mass is 10.1. The average molecular weight is 241 g/mol. The van der Waals surface area contributed by atoms with Gasteiger partial charge in [0, 0.05) is 14.1 Å². The molecule has 1 N–H and O–H groups in total. The Hall–Kier alpha value is -0.520. The van der Waals surface area contributed by atoms with E-state index >= 15 is 0 Å². The number of hydrogen-bond acceptors (Lipinski definition) is 3. The van der Waals surface area contributed by atoms with Gasteiger partial charge in [-0.05, 0) is 6.92 Å². The van der Waals surface area contributed by atoms with Crippen LogP contribution in [0.5, 0.6) is 0 Å². The molecule has 0 radical (unpaired) electrons. The van der Waals surface area contributed by atoms with Crippen LogP contribution < -0.4 is 0 Å². The first-order valence-corrected chi connectivity index (χ1v) is 4.55. The van der Waals surface area contributed by atoms with Gasteiger partial charge in [-0.25, -0.2) is 4.79 Å². The molecular weight excluding hydrogens is 231 g/mol. The Morgan fingerprint density at radius 3 is 2.14 bits per heavy atom. The predicted octanol–water partition coefficient (Wildman–Crippen LogP) is 0.393. The van der Waals surface area contributed by atoms with Gasteiger partial charge in [0.15, 0.2) is 5.72 Å². The van der Waals surface area contributed by atoms with Crippen LogP contribution in [-0.4, -0.2) is 51.0 Å². The summed E-state index contributed by atoms with van der Waals surface area (Å²) < 4.78 is -2.05. The Morgan fingerprint density at radius 1 is 1.29 bits per heavy atom. The highest BCUT2D eigenvalue weighted by Gasteiger charge is 2.61. The van der Waals surface area contributed by atoms with Crippen LogP contribution in [0.2, 0.25) is 0 Å². The van der Waals surface area contributed by atoms with Crippen LogP contribution in [-0.2, 0) is 4.79 Å². The van der Waals surface area contributed by atoms with Gasteiger partial charge in [-0.2, -0.15) is 0 Å². The van der Waals surface area contributed by atoms with E-state index in [9.17, 15) is 14.7 Å². The molecule has 1 saturated heterocycles. The molecule has 14 heavy (non-hydrogen) atoms. The van der Waals surface area contributed by atoms with Crippen LogP contribution in [0.25, 0.3) is 0 Å². The molecule has 80 valence electrons. The number of urea groups is 1. The molecule has 0 aromatic heterocycles. The zero-order chi connectivity index (χ0) is 11.3. The molecule has 1 aliphatic rings. The summed E-state index contributed by atoms with van der Waals surface area (Å²) in [6.07, 6.45) is 0. The summed E-state index contributed by atoms with van der Waals surface area (Å²) in [5, 5.41) is 9.82. The third-order valence-corrected chi connectivity index (χ3v) is 3.43. The molecule has 5 nitrogen and oxygen atoms in total. The highest BCUT2D eigenvalue weighted by molar-refractivity contribution is 6.59. The summed E-state index contributed by atoms with van der Waals surface area (Å²) in [5.41, 5.74) is -1.92. The second-order valence-corrected chi connectivity index (χ2v) is 4.63. The zero-order valence-electron chi connectivity index (χ0n) is 7.91. The molecule has 1 atom stereocenters. The first-order valence-electron chi connectivity index (χ1n) is 3.80. The van der Waals surface area contributed by atoms with Crippen LogP contribution >= 0.6 is 23.2 Å². The van der Waals surface area contributed by atoms with E-state index in [0.717, 1.165) is 9.80 Å². The molecule has 0 spiro atoms. The van der Waals surface area contributed by atoms with Gasteiger partial charge in [0.05, 0.1) is 0 Å². The van der Waals surface area contributed by atoms with Crippen LogP contribution in [0, 0.1) is 0 Å². The topological polar surface area (TPSA) is 60.9 Å². The van der Waals surface area contributed by atoms with Crippen LogP contribution in [0.3, 0.4) is 0 Å². The lowest BCUT2D eigenvalue weighted by molar-refractivity contribution is -0.150. The minimum absolute atomic E-state index is 0.656. The van der Waals surface area contributed by atoms with Gasteiger partial charge in [-0.1, -0.05) is 23.2 Å². The van der Waals surface area contributed by atoms with E-state index in [1.807, 2.05) is 0 Å². The zero-order valence-corrected chi connectivity index (χ0v) is 9.43. The van der Waals surface area contributed by atoms with Gasteiger partial charge < -0.3 is 5.11 Å². The van der Waals surface area contributed by atoms with E-state index in [4.69, 9.17) is 23.2 Å². The van der Waals surface area contributed by atoms with Crippen LogP contribution in [0.1, 0.15) is 6.92 Å². The summed E-state index contributed by atoms with van der Waals surface area (Å²) in [6.45, 7) is 1.20. The van der Waals surface area contributed by atoms with Gasteiger partial charge in [-0.3, -0.25) is 14.6 Å². The predicted molar refractivity (Wildman–Crippen MR) is 51.0 cm³/mol. The highest BCUT2D eigenvalue weighted by atomic mass is 35.5. The van der Waals surface area contributed by atoms with Crippen molar-refractivity contribution in [1.82, 2.24) is 9.80 Å². The lowest BCUT2D eigenvalue weighted by Gasteiger charge is -2.47. The number of hydrogen-bond donors (Lipinski definition) is 1. The molecule has 1 fully saturated rings. The maximum atomic E-state index is 11.5. The summed E-state index contributed by atoms with van der Waals surface area (Å²) in [6, 6.07) is -0.656. The Balaban J connectivity index is 3.24. The molecule has 3 amide bonds. The maximum absolute atomic E-state index is 11.5. The van der Waals surface area contributed by atoms with E-state index in [0.29, 0.717) is 0 Å². The molecule has 1 unspecified atom stereocenters. The van der Waals surface area contributed by atoms with Gasteiger partial charge in [0.25, 0.3) is 5.91 Å². The maximum Gasteiger partial charge on any atom is 0.328 e. The summed E-state index contributed by atoms with van der Waals surface area (Å²) in [5.74, 6) is -0.839. The van der Waals surface area contributed by atoms with Crippen molar-refractivity contribution < 1.29 is 14.7 Å². The highest BCUT2D eigenvalue weighted by Crippen LogP contribution is 2.40. The first kappa shape index (κ1) is 11.6. The first-order chi connectivity index (χ1) is 6.14. The number of imide groups is 1.